The number of benzene rings is 2. The van der Waals surface area contributed by atoms with E-state index < -0.39 is 7.12 Å². The van der Waals surface area contributed by atoms with Gasteiger partial charge in [0.15, 0.2) is 0 Å². The van der Waals surface area contributed by atoms with Crippen LogP contribution in [0.4, 0.5) is 11.4 Å². The summed E-state index contributed by atoms with van der Waals surface area (Å²) in [6.07, 6.45) is 0. The van der Waals surface area contributed by atoms with Gasteiger partial charge in [0.2, 0.25) is 0 Å². The third kappa shape index (κ3) is 3.24. The summed E-state index contributed by atoms with van der Waals surface area (Å²) in [6.45, 7) is 0. The molecule has 0 bridgehead atoms. The second-order valence-corrected chi connectivity index (χ2v) is 3.50. The highest BCUT2D eigenvalue weighted by Gasteiger charge is 2.09. The molecule has 0 unspecified atom stereocenters. The van der Waals surface area contributed by atoms with E-state index in [-0.39, 0.29) is 0 Å². The molecule has 0 aliphatic rings. The molecule has 2 aromatic carbocycles. The van der Waals surface area contributed by atoms with Gasteiger partial charge in [-0.15, -0.1) is 0 Å². The smallest absolute Gasteiger partial charge is 0.423 e. The summed E-state index contributed by atoms with van der Waals surface area (Å²) in [5.74, 6) is 0. The average Bonchev–Trinajstić information content (AvgIpc) is 2.38. The molecule has 0 fully saturated rings. The Labute approximate surface area is 99.4 Å². The van der Waals surface area contributed by atoms with Crippen molar-refractivity contribution >= 4 is 24.0 Å². The Hall–Kier alpha value is -1.98. The lowest BCUT2D eigenvalue weighted by Gasteiger charge is -1.98. The van der Waals surface area contributed by atoms with Crippen LogP contribution < -0.4 is 5.46 Å². The van der Waals surface area contributed by atoms with Crippen LogP contribution in [0.3, 0.4) is 0 Å². The van der Waals surface area contributed by atoms with Crippen molar-refractivity contribution in [2.45, 2.75) is 0 Å². The second-order valence-electron chi connectivity index (χ2n) is 3.50. The predicted octanol–water partition coefficient (Wildman–Crippen LogP) is 1.78. The third-order valence-electron chi connectivity index (χ3n) is 2.23. The van der Waals surface area contributed by atoms with Crippen LogP contribution in [0.5, 0.6) is 0 Å². The molecule has 0 atom stereocenters. The van der Waals surface area contributed by atoms with Crippen molar-refractivity contribution in [2.24, 2.45) is 10.2 Å². The Morgan fingerprint density at radius 1 is 0.706 bits per heavy atom. The van der Waals surface area contributed by atoms with E-state index in [9.17, 15) is 0 Å². The molecule has 0 saturated heterocycles. The van der Waals surface area contributed by atoms with E-state index in [1.165, 1.54) is 0 Å². The Morgan fingerprint density at radius 2 is 1.24 bits per heavy atom. The standard InChI is InChI=1S/C12H11BN2O2/c16-13(17)10-6-8-12(9-7-10)15-14-11-4-2-1-3-5-11/h1-9,16-17H/b15-14+. The molecule has 2 N–H and O–H groups in total. The highest BCUT2D eigenvalue weighted by atomic mass is 16.4. The zero-order chi connectivity index (χ0) is 12.1. The van der Waals surface area contributed by atoms with Gasteiger partial charge in [-0.1, -0.05) is 30.3 Å². The Balaban J connectivity index is 2.12. The van der Waals surface area contributed by atoms with Crippen LogP contribution in [0, 0.1) is 0 Å². The van der Waals surface area contributed by atoms with Gasteiger partial charge in [-0.05, 0) is 29.7 Å². The van der Waals surface area contributed by atoms with Gasteiger partial charge in [-0.25, -0.2) is 0 Å². The maximum atomic E-state index is 8.92. The average molecular weight is 226 g/mol. The summed E-state index contributed by atoms with van der Waals surface area (Å²) >= 11 is 0. The van der Waals surface area contributed by atoms with E-state index in [1.807, 2.05) is 30.3 Å². The first-order valence-electron chi connectivity index (χ1n) is 5.18. The summed E-state index contributed by atoms with van der Waals surface area (Å²) in [7, 11) is -1.45. The first-order valence-corrected chi connectivity index (χ1v) is 5.18. The first kappa shape index (κ1) is 11.5. The van der Waals surface area contributed by atoms with Crippen molar-refractivity contribution in [1.29, 1.82) is 0 Å². The predicted molar refractivity (Wildman–Crippen MR) is 66.9 cm³/mol. The molecule has 0 spiro atoms. The zero-order valence-electron chi connectivity index (χ0n) is 9.06. The van der Waals surface area contributed by atoms with Crippen molar-refractivity contribution in [3.8, 4) is 0 Å². The molecule has 4 nitrogen and oxygen atoms in total. The van der Waals surface area contributed by atoms with Gasteiger partial charge in [0.05, 0.1) is 11.4 Å². The maximum Gasteiger partial charge on any atom is 0.488 e. The van der Waals surface area contributed by atoms with E-state index in [4.69, 9.17) is 10.0 Å². The van der Waals surface area contributed by atoms with E-state index in [2.05, 4.69) is 10.2 Å². The van der Waals surface area contributed by atoms with Gasteiger partial charge < -0.3 is 10.0 Å². The lowest BCUT2D eigenvalue weighted by Crippen LogP contribution is -2.29. The molecule has 2 aromatic rings. The highest BCUT2D eigenvalue weighted by molar-refractivity contribution is 6.58. The van der Waals surface area contributed by atoms with Gasteiger partial charge in [0, 0.05) is 0 Å². The number of nitrogens with zero attached hydrogens (tertiary/aromatic N) is 2. The maximum absolute atomic E-state index is 8.92. The Kier molecular flexibility index (Phi) is 3.64. The van der Waals surface area contributed by atoms with Gasteiger partial charge in [-0.2, -0.15) is 10.2 Å². The largest absolute Gasteiger partial charge is 0.488 e. The lowest BCUT2D eigenvalue weighted by atomic mass is 9.80. The second kappa shape index (κ2) is 5.38. The molecule has 84 valence electrons. The number of hydrogen-bond donors (Lipinski definition) is 2. The molecular formula is C12H11BN2O2. The summed E-state index contributed by atoms with van der Waals surface area (Å²) in [5, 5.41) is 25.9. The summed E-state index contributed by atoms with van der Waals surface area (Å²) in [5.41, 5.74) is 1.88. The monoisotopic (exact) mass is 226 g/mol. The van der Waals surface area contributed by atoms with Crippen LogP contribution in [0.15, 0.2) is 64.8 Å². The van der Waals surface area contributed by atoms with Crippen LogP contribution in [0.25, 0.3) is 0 Å². The molecule has 0 heterocycles. The van der Waals surface area contributed by atoms with E-state index >= 15 is 0 Å². The Morgan fingerprint density at radius 3 is 1.76 bits per heavy atom. The van der Waals surface area contributed by atoms with Crippen molar-refractivity contribution in [3.05, 3.63) is 54.6 Å². The Bertz CT molecular complexity index is 498. The molecule has 0 aliphatic heterocycles. The normalized spacial score (nSPS) is 10.7. The molecule has 2 rings (SSSR count). The van der Waals surface area contributed by atoms with Crippen molar-refractivity contribution in [2.75, 3.05) is 0 Å². The van der Waals surface area contributed by atoms with Gasteiger partial charge >= 0.3 is 7.12 Å². The molecule has 0 saturated carbocycles. The topological polar surface area (TPSA) is 65.2 Å². The summed E-state index contributed by atoms with van der Waals surface area (Å²) in [4.78, 5) is 0. The summed E-state index contributed by atoms with van der Waals surface area (Å²) in [6, 6.07) is 16.0. The van der Waals surface area contributed by atoms with Gasteiger partial charge in [0.1, 0.15) is 0 Å². The molecule has 0 amide bonds. The molecule has 0 aromatic heterocycles. The van der Waals surface area contributed by atoms with Gasteiger partial charge in [0.25, 0.3) is 0 Å². The summed E-state index contributed by atoms with van der Waals surface area (Å²) < 4.78 is 0. The first-order chi connectivity index (χ1) is 8.25. The highest BCUT2D eigenvalue weighted by Crippen LogP contribution is 2.16. The van der Waals surface area contributed by atoms with E-state index in [0.29, 0.717) is 11.2 Å². The molecule has 5 heteroatoms. The third-order valence-corrected chi connectivity index (χ3v) is 2.23. The van der Waals surface area contributed by atoms with Crippen LogP contribution in [0.1, 0.15) is 0 Å². The quantitative estimate of drug-likeness (QED) is 0.618. The minimum absolute atomic E-state index is 0.434. The zero-order valence-corrected chi connectivity index (χ0v) is 9.06. The van der Waals surface area contributed by atoms with Crippen LogP contribution in [-0.2, 0) is 0 Å². The molecule has 0 radical (unpaired) electrons. The van der Waals surface area contributed by atoms with Crippen molar-refractivity contribution in [3.63, 3.8) is 0 Å². The van der Waals surface area contributed by atoms with Crippen LogP contribution >= 0.6 is 0 Å². The number of rotatable bonds is 3. The van der Waals surface area contributed by atoms with E-state index in [1.54, 1.807) is 24.3 Å². The molecular weight excluding hydrogens is 215 g/mol. The van der Waals surface area contributed by atoms with Crippen LogP contribution in [0.2, 0.25) is 0 Å². The fraction of sp³-hybridized carbons (Fsp3) is 0. The molecule has 17 heavy (non-hydrogen) atoms. The number of hydrogen-bond acceptors (Lipinski definition) is 4. The fourth-order valence-electron chi connectivity index (χ4n) is 1.32. The lowest BCUT2D eigenvalue weighted by molar-refractivity contribution is 0.426. The minimum Gasteiger partial charge on any atom is -0.423 e. The minimum atomic E-state index is -1.45. The van der Waals surface area contributed by atoms with Crippen molar-refractivity contribution < 1.29 is 10.0 Å². The fourth-order valence-corrected chi connectivity index (χ4v) is 1.32. The van der Waals surface area contributed by atoms with Crippen LogP contribution in [-0.4, -0.2) is 17.2 Å². The van der Waals surface area contributed by atoms with E-state index in [0.717, 1.165) is 5.69 Å². The van der Waals surface area contributed by atoms with Gasteiger partial charge in [-0.3, -0.25) is 0 Å². The molecule has 0 aliphatic carbocycles. The number of azo groups is 1. The SMILES string of the molecule is OB(O)c1ccc(/N=N/c2ccccc2)cc1. The van der Waals surface area contributed by atoms with Crippen molar-refractivity contribution in [1.82, 2.24) is 0 Å².